The molecule has 0 saturated heterocycles. The van der Waals surface area contributed by atoms with Gasteiger partial charge in [0.05, 0.1) is 0 Å². The predicted molar refractivity (Wildman–Crippen MR) is 96.1 cm³/mol. The molecule has 0 aliphatic heterocycles. The summed E-state index contributed by atoms with van der Waals surface area (Å²) >= 11 is 0. The fourth-order valence-corrected chi connectivity index (χ4v) is 3.22. The van der Waals surface area contributed by atoms with Crippen LogP contribution < -0.4 is 0 Å². The molecular formula is C22H22. The average Bonchev–Trinajstić information content (AvgIpc) is 2.61. The normalized spacial score (nSPS) is 10.6. The third-order valence-electron chi connectivity index (χ3n) is 4.29. The van der Waals surface area contributed by atoms with Gasteiger partial charge in [-0.15, -0.1) is 0 Å². The minimum absolute atomic E-state index is 1.06. The Morgan fingerprint density at radius 3 is 1.73 bits per heavy atom. The van der Waals surface area contributed by atoms with Crippen molar-refractivity contribution in [1.29, 1.82) is 0 Å². The van der Waals surface area contributed by atoms with E-state index in [1.807, 2.05) is 0 Å². The molecule has 0 bridgehead atoms. The molecule has 0 amide bonds. The van der Waals surface area contributed by atoms with Crippen LogP contribution in [-0.2, 0) is 12.8 Å². The van der Waals surface area contributed by atoms with Crippen molar-refractivity contribution >= 4 is 0 Å². The Hall–Kier alpha value is -2.34. The molecule has 3 aromatic rings. The molecule has 0 heterocycles. The van der Waals surface area contributed by atoms with Crippen molar-refractivity contribution in [2.75, 3.05) is 0 Å². The fraction of sp³-hybridized carbons (Fsp3) is 0.182. The van der Waals surface area contributed by atoms with Gasteiger partial charge in [0.1, 0.15) is 0 Å². The second-order valence-corrected chi connectivity index (χ2v) is 5.56. The smallest absolute Gasteiger partial charge is 0.00707 e. The van der Waals surface area contributed by atoms with E-state index in [9.17, 15) is 0 Å². The van der Waals surface area contributed by atoms with Gasteiger partial charge in [0.15, 0.2) is 0 Å². The largest absolute Gasteiger partial charge is 0.0622 e. The molecule has 0 N–H and O–H groups in total. The van der Waals surface area contributed by atoms with Gasteiger partial charge in [-0.1, -0.05) is 86.6 Å². The zero-order valence-corrected chi connectivity index (χ0v) is 13.3. The van der Waals surface area contributed by atoms with Crippen LogP contribution in [-0.4, -0.2) is 0 Å². The zero-order chi connectivity index (χ0) is 15.4. The summed E-state index contributed by atoms with van der Waals surface area (Å²) in [6, 6.07) is 26.1. The highest BCUT2D eigenvalue weighted by atomic mass is 14.2. The van der Waals surface area contributed by atoms with E-state index in [1.54, 1.807) is 0 Å². The lowest BCUT2D eigenvalue weighted by Gasteiger charge is -2.18. The number of hydrogen-bond donors (Lipinski definition) is 0. The maximum absolute atomic E-state index is 2.30. The summed E-state index contributed by atoms with van der Waals surface area (Å²) in [5.41, 5.74) is 8.28. The van der Waals surface area contributed by atoms with E-state index in [1.165, 1.54) is 33.4 Å². The Balaban J connectivity index is 2.31. The van der Waals surface area contributed by atoms with Gasteiger partial charge >= 0.3 is 0 Å². The second kappa shape index (κ2) is 6.62. The summed E-state index contributed by atoms with van der Waals surface area (Å²) in [6.07, 6.45) is 2.14. The molecule has 0 atom stereocenters. The molecule has 0 spiro atoms. The molecule has 0 aliphatic carbocycles. The maximum atomic E-state index is 2.30. The highest BCUT2D eigenvalue weighted by molar-refractivity contribution is 5.86. The molecule has 0 aliphatic rings. The summed E-state index contributed by atoms with van der Waals surface area (Å²) in [5.74, 6) is 0. The van der Waals surface area contributed by atoms with Crippen molar-refractivity contribution in [2.45, 2.75) is 26.7 Å². The molecule has 3 aromatic carbocycles. The molecule has 0 nitrogen and oxygen atoms in total. The first-order valence-electron chi connectivity index (χ1n) is 8.10. The van der Waals surface area contributed by atoms with Crippen LogP contribution in [0.15, 0.2) is 72.8 Å². The van der Waals surface area contributed by atoms with Gasteiger partial charge in [-0.2, -0.15) is 0 Å². The molecule has 0 unspecified atom stereocenters. The van der Waals surface area contributed by atoms with E-state index >= 15 is 0 Å². The molecule has 110 valence electrons. The lowest BCUT2D eigenvalue weighted by molar-refractivity contribution is 1.04. The first-order chi connectivity index (χ1) is 10.8. The minimum atomic E-state index is 1.06. The van der Waals surface area contributed by atoms with Gasteiger partial charge in [0.2, 0.25) is 0 Å². The van der Waals surface area contributed by atoms with Gasteiger partial charge in [0.25, 0.3) is 0 Å². The lowest BCUT2D eigenvalue weighted by atomic mass is 9.86. The second-order valence-electron chi connectivity index (χ2n) is 5.56. The lowest BCUT2D eigenvalue weighted by Crippen LogP contribution is -1.98. The minimum Gasteiger partial charge on any atom is -0.0622 e. The molecule has 0 aromatic heterocycles. The number of aryl methyl sites for hydroxylation is 1. The van der Waals surface area contributed by atoms with Crippen LogP contribution in [0.25, 0.3) is 22.3 Å². The van der Waals surface area contributed by atoms with E-state index in [4.69, 9.17) is 0 Å². The predicted octanol–water partition coefficient (Wildman–Crippen LogP) is 6.15. The van der Waals surface area contributed by atoms with Gasteiger partial charge in [-0.25, -0.2) is 0 Å². The standard InChI is InChI=1S/C22H22/c1-3-17-15-16-21(18-11-7-5-8-12-18)22(20(17)4-2)19-13-9-6-10-14-19/h5-16H,3-4H2,1-2H3. The highest BCUT2D eigenvalue weighted by Crippen LogP contribution is 2.37. The number of rotatable bonds is 4. The van der Waals surface area contributed by atoms with E-state index in [0.717, 1.165) is 12.8 Å². The quantitative estimate of drug-likeness (QED) is 0.540. The van der Waals surface area contributed by atoms with Crippen molar-refractivity contribution < 1.29 is 0 Å². The molecule has 0 radical (unpaired) electrons. The molecule has 3 rings (SSSR count). The van der Waals surface area contributed by atoms with Gasteiger partial charge in [-0.05, 0) is 46.2 Å². The Bertz CT molecular complexity index is 740. The number of hydrogen-bond acceptors (Lipinski definition) is 0. The molecule has 0 fully saturated rings. The van der Waals surface area contributed by atoms with Crippen molar-refractivity contribution in [2.24, 2.45) is 0 Å². The number of benzene rings is 3. The van der Waals surface area contributed by atoms with Gasteiger partial charge in [0, 0.05) is 0 Å². The van der Waals surface area contributed by atoms with Crippen molar-refractivity contribution in [1.82, 2.24) is 0 Å². The van der Waals surface area contributed by atoms with Crippen molar-refractivity contribution in [3.8, 4) is 22.3 Å². The summed E-state index contributed by atoms with van der Waals surface area (Å²) in [5, 5.41) is 0. The van der Waals surface area contributed by atoms with Gasteiger partial charge < -0.3 is 0 Å². The van der Waals surface area contributed by atoms with E-state index in [2.05, 4.69) is 86.6 Å². The molecule has 0 heteroatoms. The first kappa shape index (κ1) is 14.6. The van der Waals surface area contributed by atoms with Crippen molar-refractivity contribution in [3.05, 3.63) is 83.9 Å². The zero-order valence-electron chi connectivity index (χ0n) is 13.3. The summed E-state index contributed by atoms with van der Waals surface area (Å²) in [4.78, 5) is 0. The Morgan fingerprint density at radius 1 is 0.591 bits per heavy atom. The average molecular weight is 286 g/mol. The molecule has 0 saturated carbocycles. The van der Waals surface area contributed by atoms with Crippen LogP contribution in [0.5, 0.6) is 0 Å². The Morgan fingerprint density at radius 2 is 1.18 bits per heavy atom. The summed E-state index contributed by atoms with van der Waals surface area (Å²) in [6.45, 7) is 4.50. The third kappa shape index (κ3) is 2.69. The summed E-state index contributed by atoms with van der Waals surface area (Å²) in [7, 11) is 0. The van der Waals surface area contributed by atoms with Crippen LogP contribution in [0.1, 0.15) is 25.0 Å². The highest BCUT2D eigenvalue weighted by Gasteiger charge is 2.14. The molecule has 22 heavy (non-hydrogen) atoms. The molecular weight excluding hydrogens is 264 g/mol. The monoisotopic (exact) mass is 286 g/mol. The van der Waals surface area contributed by atoms with E-state index < -0.39 is 0 Å². The fourth-order valence-electron chi connectivity index (χ4n) is 3.22. The van der Waals surface area contributed by atoms with Crippen LogP contribution in [0, 0.1) is 0 Å². The SMILES string of the molecule is CCc1ccc(-c2ccccc2)c(-c2ccccc2)c1CC. The third-order valence-corrected chi connectivity index (χ3v) is 4.29. The van der Waals surface area contributed by atoms with Gasteiger partial charge in [-0.3, -0.25) is 0 Å². The Kier molecular flexibility index (Phi) is 4.39. The van der Waals surface area contributed by atoms with Crippen LogP contribution in [0.4, 0.5) is 0 Å². The topological polar surface area (TPSA) is 0 Å². The van der Waals surface area contributed by atoms with E-state index in [-0.39, 0.29) is 0 Å². The van der Waals surface area contributed by atoms with Crippen LogP contribution in [0.2, 0.25) is 0 Å². The van der Waals surface area contributed by atoms with Crippen LogP contribution >= 0.6 is 0 Å². The van der Waals surface area contributed by atoms with Crippen molar-refractivity contribution in [3.63, 3.8) is 0 Å². The maximum Gasteiger partial charge on any atom is -0.00707 e. The summed E-state index contributed by atoms with van der Waals surface area (Å²) < 4.78 is 0. The van der Waals surface area contributed by atoms with Crippen LogP contribution in [0.3, 0.4) is 0 Å². The first-order valence-corrected chi connectivity index (χ1v) is 8.10. The Labute approximate surface area is 133 Å². The van der Waals surface area contributed by atoms with E-state index in [0.29, 0.717) is 0 Å².